The Morgan fingerprint density at radius 3 is 2.71 bits per heavy atom. The van der Waals surface area contributed by atoms with E-state index in [4.69, 9.17) is 15.1 Å². The number of carbonyl (C=O) groups is 2. The molecule has 1 aliphatic heterocycles. The van der Waals surface area contributed by atoms with Gasteiger partial charge in [-0.2, -0.15) is 5.26 Å². The smallest absolute Gasteiger partial charge is 0.449 e. The van der Waals surface area contributed by atoms with Gasteiger partial charge in [0.05, 0.1) is 17.0 Å². The molecule has 4 rings (SSSR count). The lowest BCUT2D eigenvalue weighted by atomic mass is 9.91. The van der Waals surface area contributed by atoms with Crippen molar-refractivity contribution in [3.8, 4) is 11.8 Å². The van der Waals surface area contributed by atoms with Crippen molar-refractivity contribution in [2.75, 3.05) is 5.32 Å². The number of ether oxygens (including phenoxy) is 1. The van der Waals surface area contributed by atoms with Crippen LogP contribution in [0.15, 0.2) is 42.5 Å². The number of fused-ring (bicyclic) bond motifs is 2. The largest absolute Gasteiger partial charge is 0.511 e. The van der Waals surface area contributed by atoms with Crippen molar-refractivity contribution in [2.24, 2.45) is 0 Å². The summed E-state index contributed by atoms with van der Waals surface area (Å²) in [5, 5.41) is 20.5. The Labute approximate surface area is 137 Å². The zero-order chi connectivity index (χ0) is 16.9. The van der Waals surface area contributed by atoms with Crippen LogP contribution in [0.5, 0.6) is 5.75 Å². The molecule has 2 aromatic rings. The zero-order valence-electron chi connectivity index (χ0n) is 12.4. The molecule has 24 heavy (non-hydrogen) atoms. The molecule has 1 heterocycles. The molecule has 1 saturated carbocycles. The third kappa shape index (κ3) is 1.95. The summed E-state index contributed by atoms with van der Waals surface area (Å²) in [5.74, 6) is 0.119. The molecule has 0 saturated heterocycles. The second kappa shape index (κ2) is 4.83. The highest BCUT2D eigenvalue weighted by atomic mass is 16.7. The van der Waals surface area contributed by atoms with E-state index in [2.05, 4.69) is 11.4 Å². The number of hydrogen-bond acceptors (Lipinski definition) is 4. The minimum Gasteiger partial charge on any atom is -0.449 e. The van der Waals surface area contributed by atoms with Crippen LogP contribution in [-0.4, -0.2) is 17.2 Å². The fourth-order valence-electron chi connectivity index (χ4n) is 3.53. The molecule has 118 valence electrons. The number of anilines is 1. The molecule has 1 aliphatic carbocycles. The first-order valence-electron chi connectivity index (χ1n) is 7.41. The van der Waals surface area contributed by atoms with E-state index >= 15 is 0 Å². The van der Waals surface area contributed by atoms with Crippen molar-refractivity contribution in [1.82, 2.24) is 0 Å². The van der Waals surface area contributed by atoms with E-state index < -0.39 is 11.6 Å². The molecule has 2 N–H and O–H groups in total. The molecular weight excluding hydrogens is 308 g/mol. The van der Waals surface area contributed by atoms with E-state index in [9.17, 15) is 9.59 Å². The Bertz CT molecular complexity index is 914. The van der Waals surface area contributed by atoms with Crippen LogP contribution in [0.1, 0.15) is 29.0 Å². The maximum atomic E-state index is 12.5. The van der Waals surface area contributed by atoms with E-state index in [1.165, 1.54) is 6.07 Å². The number of carboxylic acid groups (broad SMARTS) is 1. The van der Waals surface area contributed by atoms with Gasteiger partial charge in [-0.25, -0.2) is 4.79 Å². The second-order valence-electron chi connectivity index (χ2n) is 5.99. The number of nitrogens with zero attached hydrogens (tertiary/aromatic N) is 1. The van der Waals surface area contributed by atoms with Crippen LogP contribution < -0.4 is 10.1 Å². The average Bonchev–Trinajstić information content (AvgIpc) is 3.26. The molecule has 0 bridgehead atoms. The van der Waals surface area contributed by atoms with Gasteiger partial charge in [-0.15, -0.1) is 0 Å². The number of hydrogen-bond donors (Lipinski definition) is 2. The third-order valence-electron chi connectivity index (χ3n) is 4.73. The molecule has 0 radical (unpaired) electrons. The highest BCUT2D eigenvalue weighted by Crippen LogP contribution is 2.65. The molecule has 1 fully saturated rings. The molecular formula is C18H12N2O4. The first-order valence-corrected chi connectivity index (χ1v) is 7.41. The molecule has 1 spiro atoms. The van der Waals surface area contributed by atoms with E-state index in [1.54, 1.807) is 24.3 Å². The van der Waals surface area contributed by atoms with Crippen LogP contribution in [0.25, 0.3) is 0 Å². The lowest BCUT2D eigenvalue weighted by Crippen LogP contribution is -2.21. The summed E-state index contributed by atoms with van der Waals surface area (Å²) in [5.41, 5.74) is 2.33. The van der Waals surface area contributed by atoms with Gasteiger partial charge in [-0.3, -0.25) is 4.79 Å². The number of nitrogens with one attached hydrogen (secondary N) is 1. The number of amides is 1. The van der Waals surface area contributed by atoms with Gasteiger partial charge in [0, 0.05) is 11.6 Å². The van der Waals surface area contributed by atoms with E-state index in [-0.39, 0.29) is 17.6 Å². The summed E-state index contributed by atoms with van der Waals surface area (Å²) >= 11 is 0. The van der Waals surface area contributed by atoms with Gasteiger partial charge >= 0.3 is 6.16 Å². The summed E-state index contributed by atoms with van der Waals surface area (Å²) in [7, 11) is 0. The highest BCUT2D eigenvalue weighted by molar-refractivity contribution is 6.10. The van der Waals surface area contributed by atoms with Crippen molar-refractivity contribution in [2.45, 2.75) is 17.8 Å². The van der Waals surface area contributed by atoms with Crippen molar-refractivity contribution in [3.63, 3.8) is 0 Å². The maximum Gasteiger partial charge on any atom is 0.511 e. The minimum absolute atomic E-state index is 0.00608. The summed E-state index contributed by atoms with van der Waals surface area (Å²) in [6.07, 6.45) is -0.741. The van der Waals surface area contributed by atoms with Crippen LogP contribution in [0.2, 0.25) is 0 Å². The molecule has 2 atom stereocenters. The molecule has 2 aromatic carbocycles. The predicted octanol–water partition coefficient (Wildman–Crippen LogP) is 2.99. The Hall–Kier alpha value is -3.33. The predicted molar refractivity (Wildman–Crippen MR) is 83.9 cm³/mol. The fourth-order valence-corrected chi connectivity index (χ4v) is 3.53. The second-order valence-corrected chi connectivity index (χ2v) is 5.99. The fraction of sp³-hybridized carbons (Fsp3) is 0.167. The summed E-state index contributed by atoms with van der Waals surface area (Å²) in [6.45, 7) is 0. The summed E-state index contributed by atoms with van der Waals surface area (Å²) in [6, 6.07) is 14.1. The lowest BCUT2D eigenvalue weighted by molar-refractivity contribution is -0.118. The Kier molecular flexibility index (Phi) is 2.87. The van der Waals surface area contributed by atoms with Crippen LogP contribution in [0.3, 0.4) is 0 Å². The topological polar surface area (TPSA) is 99.4 Å². The van der Waals surface area contributed by atoms with Crippen molar-refractivity contribution in [3.05, 3.63) is 59.2 Å². The van der Waals surface area contributed by atoms with Gasteiger partial charge in [0.2, 0.25) is 5.91 Å². The van der Waals surface area contributed by atoms with Gasteiger partial charge in [0.1, 0.15) is 5.75 Å². The number of rotatable bonds is 2. The maximum absolute atomic E-state index is 12.5. The molecule has 0 unspecified atom stereocenters. The first-order chi connectivity index (χ1) is 11.5. The van der Waals surface area contributed by atoms with Gasteiger partial charge < -0.3 is 15.2 Å². The molecule has 6 heteroatoms. The SMILES string of the molecule is N#Cc1ccc([C@@H]2C[C@]23C(=O)Nc2ccc(OC(=O)O)cc23)cc1. The molecule has 2 aliphatic rings. The standard InChI is InChI=1S/C18H12N2O4/c19-9-10-1-3-11(4-2-10)14-8-18(14)13-7-12(24-17(22)23)5-6-15(13)20-16(18)21/h1-7,14H,8H2,(H,20,21)(H,22,23)/t14-,18+/m0/s1. The first kappa shape index (κ1) is 14.3. The average molecular weight is 320 g/mol. The van der Waals surface area contributed by atoms with Crippen molar-refractivity contribution >= 4 is 17.7 Å². The third-order valence-corrected chi connectivity index (χ3v) is 4.73. The van der Waals surface area contributed by atoms with Crippen LogP contribution in [0, 0.1) is 11.3 Å². The number of carbonyl (C=O) groups excluding carboxylic acids is 1. The van der Waals surface area contributed by atoms with Gasteiger partial charge in [0.15, 0.2) is 0 Å². The van der Waals surface area contributed by atoms with Crippen LogP contribution in [0.4, 0.5) is 10.5 Å². The van der Waals surface area contributed by atoms with Crippen LogP contribution >= 0.6 is 0 Å². The monoisotopic (exact) mass is 320 g/mol. The molecule has 6 nitrogen and oxygen atoms in total. The zero-order valence-corrected chi connectivity index (χ0v) is 12.4. The normalized spacial score (nSPS) is 23.3. The minimum atomic E-state index is -1.39. The Morgan fingerprint density at radius 2 is 2.04 bits per heavy atom. The summed E-state index contributed by atoms with van der Waals surface area (Å²) < 4.78 is 4.71. The highest BCUT2D eigenvalue weighted by Gasteiger charge is 2.65. The van der Waals surface area contributed by atoms with E-state index in [0.717, 1.165) is 11.1 Å². The van der Waals surface area contributed by atoms with Gasteiger partial charge in [0.25, 0.3) is 0 Å². The lowest BCUT2D eigenvalue weighted by Gasteiger charge is -2.10. The van der Waals surface area contributed by atoms with Crippen molar-refractivity contribution in [1.29, 1.82) is 5.26 Å². The van der Waals surface area contributed by atoms with E-state index in [0.29, 0.717) is 17.7 Å². The Balaban J connectivity index is 1.71. The molecule has 0 aromatic heterocycles. The van der Waals surface area contributed by atoms with Gasteiger partial charge in [-0.1, -0.05) is 12.1 Å². The van der Waals surface area contributed by atoms with Crippen LogP contribution in [-0.2, 0) is 10.2 Å². The quantitative estimate of drug-likeness (QED) is 0.654. The number of nitriles is 1. The molecule has 1 amide bonds. The van der Waals surface area contributed by atoms with Crippen molar-refractivity contribution < 1.29 is 19.4 Å². The summed E-state index contributed by atoms with van der Waals surface area (Å²) in [4.78, 5) is 23.3. The Morgan fingerprint density at radius 1 is 1.29 bits per heavy atom. The van der Waals surface area contributed by atoms with E-state index in [1.807, 2.05) is 12.1 Å². The van der Waals surface area contributed by atoms with Gasteiger partial charge in [-0.05, 0) is 47.9 Å². The number of benzene rings is 2.